The number of aliphatic imine (C=N–C) groups is 1. The van der Waals surface area contributed by atoms with Crippen LogP contribution in [0.1, 0.15) is 58.3 Å². The zero-order valence-corrected chi connectivity index (χ0v) is 13.5. The van der Waals surface area contributed by atoms with Gasteiger partial charge in [0.1, 0.15) is 0 Å². The van der Waals surface area contributed by atoms with Crippen molar-refractivity contribution >= 4 is 6.21 Å². The first-order chi connectivity index (χ1) is 10.1. The van der Waals surface area contributed by atoms with E-state index >= 15 is 0 Å². The molecule has 21 heavy (non-hydrogen) atoms. The molecule has 2 heteroatoms. The van der Waals surface area contributed by atoms with Crippen molar-refractivity contribution in [1.29, 1.82) is 0 Å². The first-order valence-corrected chi connectivity index (χ1v) is 8.44. The summed E-state index contributed by atoms with van der Waals surface area (Å²) in [5.74, 6) is 0.967. The molecule has 0 unspecified atom stereocenters. The fourth-order valence-electron chi connectivity index (χ4n) is 3.29. The van der Waals surface area contributed by atoms with Gasteiger partial charge in [-0.3, -0.25) is 4.99 Å². The van der Waals surface area contributed by atoms with Gasteiger partial charge in [0, 0.05) is 23.9 Å². The van der Waals surface area contributed by atoms with Gasteiger partial charge in [-0.2, -0.15) is 0 Å². The monoisotopic (exact) mass is 286 g/mol. The second-order valence-electron chi connectivity index (χ2n) is 6.88. The third-order valence-corrected chi connectivity index (χ3v) is 4.96. The smallest absolute Gasteiger partial charge is 0.0484 e. The van der Waals surface area contributed by atoms with Crippen molar-refractivity contribution in [2.24, 2.45) is 22.1 Å². The van der Waals surface area contributed by atoms with Crippen molar-refractivity contribution in [2.75, 3.05) is 6.54 Å². The maximum Gasteiger partial charge on any atom is 0.0484 e. The number of rotatable bonds is 7. The molecule has 0 spiro atoms. The van der Waals surface area contributed by atoms with E-state index in [9.17, 15) is 0 Å². The lowest BCUT2D eigenvalue weighted by Gasteiger charge is -2.26. The summed E-state index contributed by atoms with van der Waals surface area (Å²) in [6.07, 6.45) is 19.3. The standard InChI is InChI=1S/C19H30N2/c1-16-13-18(21-14-16)19(2,15-20)12-8-4-7-11-17-9-5-3-6-10-17/h4,8,13-14,17H,1,3,5-7,9-12,15,20H2,2H3/b8-4+/t19-/m0/s1. The quantitative estimate of drug-likeness (QED) is 0.672. The van der Waals surface area contributed by atoms with E-state index in [-0.39, 0.29) is 5.41 Å². The molecule has 1 atom stereocenters. The topological polar surface area (TPSA) is 38.4 Å². The van der Waals surface area contributed by atoms with Gasteiger partial charge >= 0.3 is 0 Å². The second-order valence-corrected chi connectivity index (χ2v) is 6.88. The molecule has 2 rings (SSSR count). The highest BCUT2D eigenvalue weighted by molar-refractivity contribution is 5.85. The van der Waals surface area contributed by atoms with Crippen molar-refractivity contribution in [3.05, 3.63) is 36.1 Å². The van der Waals surface area contributed by atoms with Crippen molar-refractivity contribution in [3.8, 4) is 0 Å². The largest absolute Gasteiger partial charge is 0.330 e. The van der Waals surface area contributed by atoms with Crippen LogP contribution in [-0.4, -0.2) is 12.8 Å². The molecule has 116 valence electrons. The van der Waals surface area contributed by atoms with Crippen LogP contribution in [0.15, 0.2) is 41.1 Å². The van der Waals surface area contributed by atoms with E-state index in [0.717, 1.165) is 23.6 Å². The number of nitrogens with two attached hydrogens (primary N) is 1. The van der Waals surface area contributed by atoms with E-state index in [4.69, 9.17) is 5.73 Å². The van der Waals surface area contributed by atoms with Gasteiger partial charge in [0.05, 0.1) is 0 Å². The van der Waals surface area contributed by atoms with Crippen LogP contribution in [-0.2, 0) is 0 Å². The number of hydrogen-bond acceptors (Lipinski definition) is 2. The Balaban J connectivity index is 1.77. The average Bonchev–Trinajstić information content (AvgIpc) is 2.95. The third kappa shape index (κ3) is 4.67. The minimum Gasteiger partial charge on any atom is -0.330 e. The van der Waals surface area contributed by atoms with Crippen LogP contribution in [0.4, 0.5) is 0 Å². The Bertz CT molecular complexity index is 438. The molecule has 1 saturated carbocycles. The zero-order chi connectivity index (χ0) is 15.1. The van der Waals surface area contributed by atoms with E-state index < -0.39 is 0 Å². The van der Waals surface area contributed by atoms with Crippen LogP contribution in [0.5, 0.6) is 0 Å². The van der Waals surface area contributed by atoms with Crippen molar-refractivity contribution < 1.29 is 0 Å². The summed E-state index contributed by atoms with van der Waals surface area (Å²) >= 11 is 0. The summed E-state index contributed by atoms with van der Waals surface area (Å²) in [5, 5.41) is 0. The van der Waals surface area contributed by atoms with Crippen LogP contribution in [0.3, 0.4) is 0 Å². The van der Waals surface area contributed by atoms with Crippen LogP contribution in [0, 0.1) is 11.3 Å². The Morgan fingerprint density at radius 2 is 2.10 bits per heavy atom. The van der Waals surface area contributed by atoms with Crippen LogP contribution < -0.4 is 5.73 Å². The number of hydrogen-bond donors (Lipinski definition) is 1. The van der Waals surface area contributed by atoms with E-state index in [2.05, 4.69) is 36.7 Å². The van der Waals surface area contributed by atoms with Gasteiger partial charge in [-0.05, 0) is 36.8 Å². The summed E-state index contributed by atoms with van der Waals surface area (Å²) in [7, 11) is 0. The molecule has 0 aromatic carbocycles. The molecule has 1 aliphatic carbocycles. The summed E-state index contributed by atoms with van der Waals surface area (Å²) in [5.41, 5.74) is 7.98. The van der Waals surface area contributed by atoms with Crippen LogP contribution in [0.2, 0.25) is 0 Å². The van der Waals surface area contributed by atoms with Gasteiger partial charge in [-0.25, -0.2) is 0 Å². The maximum atomic E-state index is 5.99. The van der Waals surface area contributed by atoms with Crippen molar-refractivity contribution in [2.45, 2.75) is 58.3 Å². The summed E-state index contributed by atoms with van der Waals surface area (Å²) < 4.78 is 0. The predicted molar refractivity (Wildman–Crippen MR) is 92.4 cm³/mol. The predicted octanol–water partition coefficient (Wildman–Crippen LogP) is 4.78. The molecule has 1 heterocycles. The van der Waals surface area contributed by atoms with Gasteiger partial charge in [0.25, 0.3) is 0 Å². The molecule has 0 saturated heterocycles. The van der Waals surface area contributed by atoms with Gasteiger partial charge in [0.15, 0.2) is 0 Å². The Labute approximate surface area is 129 Å². The van der Waals surface area contributed by atoms with E-state index in [1.165, 1.54) is 44.9 Å². The minimum absolute atomic E-state index is 0.0583. The molecule has 0 bridgehead atoms. The molecular formula is C19H30N2. The van der Waals surface area contributed by atoms with Crippen LogP contribution in [0.25, 0.3) is 0 Å². The molecule has 0 amide bonds. The molecule has 0 radical (unpaired) electrons. The van der Waals surface area contributed by atoms with E-state index in [0.29, 0.717) is 6.54 Å². The zero-order valence-electron chi connectivity index (χ0n) is 13.5. The minimum atomic E-state index is -0.0583. The van der Waals surface area contributed by atoms with Gasteiger partial charge < -0.3 is 5.73 Å². The SMILES string of the molecule is C=C1C=NC([C@](C)(CN)C/C=C/CCC2CCCCC2)=C1. The molecule has 1 aliphatic heterocycles. The average molecular weight is 286 g/mol. The highest BCUT2D eigenvalue weighted by Crippen LogP contribution is 2.34. The first kappa shape index (κ1) is 16.2. The lowest BCUT2D eigenvalue weighted by molar-refractivity contribution is 0.340. The Morgan fingerprint density at radius 3 is 2.71 bits per heavy atom. The Kier molecular flexibility index (Phi) is 5.98. The van der Waals surface area contributed by atoms with Gasteiger partial charge in [0.2, 0.25) is 0 Å². The van der Waals surface area contributed by atoms with Crippen molar-refractivity contribution in [1.82, 2.24) is 0 Å². The van der Waals surface area contributed by atoms with Gasteiger partial charge in [-0.15, -0.1) is 0 Å². The lowest BCUT2D eigenvalue weighted by atomic mass is 9.82. The normalized spacial score (nSPS) is 22.8. The third-order valence-electron chi connectivity index (χ3n) is 4.96. The molecular weight excluding hydrogens is 256 g/mol. The lowest BCUT2D eigenvalue weighted by Crippen LogP contribution is -2.27. The number of nitrogens with zero attached hydrogens (tertiary/aromatic N) is 1. The van der Waals surface area contributed by atoms with Crippen LogP contribution >= 0.6 is 0 Å². The summed E-state index contributed by atoms with van der Waals surface area (Å²) in [6, 6.07) is 0. The summed E-state index contributed by atoms with van der Waals surface area (Å²) in [4.78, 5) is 4.45. The first-order valence-electron chi connectivity index (χ1n) is 8.44. The second kappa shape index (κ2) is 7.74. The summed E-state index contributed by atoms with van der Waals surface area (Å²) in [6.45, 7) is 6.75. The van der Waals surface area contributed by atoms with E-state index in [1.807, 2.05) is 6.21 Å². The molecule has 2 aliphatic rings. The Hall–Kier alpha value is -1.15. The molecule has 1 fully saturated rings. The molecule has 0 aromatic heterocycles. The Morgan fingerprint density at radius 1 is 1.33 bits per heavy atom. The molecule has 2 nitrogen and oxygen atoms in total. The maximum absolute atomic E-state index is 5.99. The number of allylic oxidation sites excluding steroid dienone is 4. The fourth-order valence-corrected chi connectivity index (χ4v) is 3.29. The fraction of sp³-hybridized carbons (Fsp3) is 0.632. The molecule has 2 N–H and O–H groups in total. The highest BCUT2D eigenvalue weighted by Gasteiger charge is 2.27. The molecule has 0 aromatic rings. The van der Waals surface area contributed by atoms with Gasteiger partial charge in [-0.1, -0.05) is 57.8 Å². The van der Waals surface area contributed by atoms with Crippen molar-refractivity contribution in [3.63, 3.8) is 0 Å². The van der Waals surface area contributed by atoms with E-state index in [1.54, 1.807) is 0 Å². The highest BCUT2D eigenvalue weighted by atomic mass is 14.8.